The lowest BCUT2D eigenvalue weighted by Gasteiger charge is -2.21. The molecule has 0 unspecified atom stereocenters. The highest BCUT2D eigenvalue weighted by Gasteiger charge is 2.24. The van der Waals surface area contributed by atoms with E-state index in [0.29, 0.717) is 29.4 Å². The average Bonchev–Trinajstić information content (AvgIpc) is 2.89. The second-order valence-corrected chi connectivity index (χ2v) is 8.96. The predicted octanol–water partition coefficient (Wildman–Crippen LogP) is 3.81. The Hall–Kier alpha value is -3.81. The Morgan fingerprint density at radius 3 is 2.56 bits per heavy atom. The zero-order chi connectivity index (χ0) is 25.9. The highest BCUT2D eigenvalue weighted by Crippen LogP contribution is 2.27. The molecule has 0 radical (unpaired) electrons. The lowest BCUT2D eigenvalue weighted by Crippen LogP contribution is -2.49. The van der Waals surface area contributed by atoms with Crippen molar-refractivity contribution < 1.29 is 23.8 Å². The minimum absolute atomic E-state index is 0.144. The van der Waals surface area contributed by atoms with Crippen LogP contribution in [0.4, 0.5) is 0 Å². The molecule has 2 aromatic rings. The SMILES string of the molecule is C=CCOc1ccc(C=NNC(=O)[C@@H](NC(=O)COc2ccc3c(c2)CCCC3)C(C)C)cc1OC. The van der Waals surface area contributed by atoms with Gasteiger partial charge in [0.05, 0.1) is 13.3 Å². The van der Waals surface area contributed by atoms with Gasteiger partial charge in [-0.2, -0.15) is 5.10 Å². The molecule has 0 saturated carbocycles. The van der Waals surface area contributed by atoms with Crippen molar-refractivity contribution in [1.82, 2.24) is 10.7 Å². The quantitative estimate of drug-likeness (QED) is 0.266. The molecule has 0 saturated heterocycles. The monoisotopic (exact) mass is 493 g/mol. The first-order valence-electron chi connectivity index (χ1n) is 12.2. The summed E-state index contributed by atoms with van der Waals surface area (Å²) >= 11 is 0. The maximum Gasteiger partial charge on any atom is 0.262 e. The van der Waals surface area contributed by atoms with Gasteiger partial charge in [-0.3, -0.25) is 9.59 Å². The van der Waals surface area contributed by atoms with Crippen LogP contribution in [0.15, 0.2) is 54.2 Å². The fourth-order valence-corrected chi connectivity index (χ4v) is 3.97. The summed E-state index contributed by atoms with van der Waals surface area (Å²) in [5.41, 5.74) is 5.85. The fraction of sp³-hybridized carbons (Fsp3) is 0.393. The lowest BCUT2D eigenvalue weighted by atomic mass is 9.92. The topological polar surface area (TPSA) is 98.2 Å². The van der Waals surface area contributed by atoms with E-state index in [9.17, 15) is 9.59 Å². The van der Waals surface area contributed by atoms with E-state index in [-0.39, 0.29) is 18.4 Å². The van der Waals surface area contributed by atoms with Gasteiger partial charge in [-0.05, 0) is 78.6 Å². The van der Waals surface area contributed by atoms with Crippen LogP contribution < -0.4 is 25.0 Å². The van der Waals surface area contributed by atoms with Gasteiger partial charge in [-0.1, -0.05) is 32.6 Å². The van der Waals surface area contributed by atoms with Crippen LogP contribution in [0.1, 0.15) is 43.4 Å². The minimum atomic E-state index is -0.758. The highest BCUT2D eigenvalue weighted by molar-refractivity contribution is 5.89. The number of carbonyl (C=O) groups is 2. The Morgan fingerprint density at radius 1 is 1.06 bits per heavy atom. The van der Waals surface area contributed by atoms with Crippen molar-refractivity contribution in [2.75, 3.05) is 20.3 Å². The summed E-state index contributed by atoms with van der Waals surface area (Å²) in [6, 6.07) is 10.5. The minimum Gasteiger partial charge on any atom is -0.493 e. The molecule has 36 heavy (non-hydrogen) atoms. The van der Waals surface area contributed by atoms with Crippen molar-refractivity contribution >= 4 is 18.0 Å². The molecular formula is C28H35N3O5. The maximum absolute atomic E-state index is 12.7. The summed E-state index contributed by atoms with van der Waals surface area (Å²) in [5.74, 6) is 0.857. The Labute approximate surface area is 212 Å². The van der Waals surface area contributed by atoms with Gasteiger partial charge in [0.1, 0.15) is 18.4 Å². The molecule has 8 nitrogen and oxygen atoms in total. The van der Waals surface area contributed by atoms with Crippen LogP contribution in [-0.2, 0) is 22.4 Å². The molecule has 1 atom stereocenters. The number of amides is 2. The number of rotatable bonds is 12. The number of hydrogen-bond acceptors (Lipinski definition) is 6. The third-order valence-electron chi connectivity index (χ3n) is 5.89. The largest absolute Gasteiger partial charge is 0.493 e. The Morgan fingerprint density at radius 2 is 1.83 bits per heavy atom. The first kappa shape index (κ1) is 26.8. The van der Waals surface area contributed by atoms with Crippen molar-refractivity contribution in [2.45, 2.75) is 45.6 Å². The Bertz CT molecular complexity index is 1100. The number of nitrogens with one attached hydrogen (secondary N) is 2. The van der Waals surface area contributed by atoms with Gasteiger partial charge < -0.3 is 19.5 Å². The molecule has 8 heteroatoms. The van der Waals surface area contributed by atoms with Crippen LogP contribution in [0.25, 0.3) is 0 Å². The van der Waals surface area contributed by atoms with Gasteiger partial charge in [0, 0.05) is 0 Å². The molecule has 2 N–H and O–H groups in total. The number of fused-ring (bicyclic) bond motifs is 1. The first-order valence-corrected chi connectivity index (χ1v) is 12.2. The summed E-state index contributed by atoms with van der Waals surface area (Å²) in [6.45, 7) is 7.53. The third kappa shape index (κ3) is 7.60. The predicted molar refractivity (Wildman–Crippen MR) is 140 cm³/mol. The zero-order valence-electron chi connectivity index (χ0n) is 21.2. The lowest BCUT2D eigenvalue weighted by molar-refractivity contribution is -0.131. The molecule has 192 valence electrons. The standard InChI is InChI=1S/C28H35N3O5/c1-5-14-35-24-13-10-20(15-25(24)34-4)17-29-31-28(33)27(19(2)3)30-26(32)18-36-23-12-11-21-8-6-7-9-22(21)16-23/h5,10-13,15-17,19,27H,1,6-9,14,18H2,2-4H3,(H,30,32)(H,31,33)/t27-/m0/s1. The number of hydrazone groups is 1. The normalized spacial score (nSPS) is 13.6. The van der Waals surface area contributed by atoms with Gasteiger partial charge in [0.25, 0.3) is 11.8 Å². The molecule has 0 fully saturated rings. The van der Waals surface area contributed by atoms with E-state index < -0.39 is 11.9 Å². The van der Waals surface area contributed by atoms with E-state index in [0.717, 1.165) is 12.8 Å². The first-order chi connectivity index (χ1) is 17.4. The van der Waals surface area contributed by atoms with E-state index in [4.69, 9.17) is 14.2 Å². The molecule has 0 heterocycles. The molecule has 1 aliphatic rings. The molecule has 0 aromatic heterocycles. The van der Waals surface area contributed by atoms with Crippen molar-refractivity contribution in [3.05, 3.63) is 65.7 Å². The van der Waals surface area contributed by atoms with Crippen LogP contribution >= 0.6 is 0 Å². The number of nitrogens with zero attached hydrogens (tertiary/aromatic N) is 1. The smallest absolute Gasteiger partial charge is 0.262 e. The average molecular weight is 494 g/mol. The van der Waals surface area contributed by atoms with Crippen molar-refractivity contribution in [1.29, 1.82) is 0 Å². The second-order valence-electron chi connectivity index (χ2n) is 8.96. The Kier molecular flexibility index (Phi) is 9.92. The van der Waals surface area contributed by atoms with Crippen molar-refractivity contribution in [2.24, 2.45) is 11.0 Å². The van der Waals surface area contributed by atoms with Crippen LogP contribution in [0, 0.1) is 5.92 Å². The van der Waals surface area contributed by atoms with Gasteiger partial charge in [-0.25, -0.2) is 5.43 Å². The van der Waals surface area contributed by atoms with Gasteiger partial charge in [0.2, 0.25) is 0 Å². The molecule has 2 amide bonds. The van der Waals surface area contributed by atoms with E-state index >= 15 is 0 Å². The summed E-state index contributed by atoms with van der Waals surface area (Å²) in [5, 5.41) is 6.78. The molecule has 1 aliphatic carbocycles. The number of hydrogen-bond donors (Lipinski definition) is 2. The van der Waals surface area contributed by atoms with Gasteiger partial charge in [-0.15, -0.1) is 0 Å². The molecule has 2 aromatic carbocycles. The zero-order valence-corrected chi connectivity index (χ0v) is 21.2. The number of methoxy groups -OCH3 is 1. The van der Waals surface area contributed by atoms with Crippen molar-refractivity contribution in [3.8, 4) is 17.2 Å². The Balaban J connectivity index is 1.53. The summed E-state index contributed by atoms with van der Waals surface area (Å²) in [7, 11) is 1.55. The van der Waals surface area contributed by atoms with Crippen LogP contribution in [0.5, 0.6) is 17.2 Å². The number of benzene rings is 2. The number of ether oxygens (including phenoxy) is 3. The van der Waals surface area contributed by atoms with Crippen LogP contribution in [-0.4, -0.2) is 44.4 Å². The number of carbonyl (C=O) groups excluding carboxylic acids is 2. The van der Waals surface area contributed by atoms with E-state index in [1.54, 1.807) is 31.4 Å². The van der Waals surface area contributed by atoms with E-state index in [2.05, 4.69) is 28.5 Å². The molecule has 0 aliphatic heterocycles. The number of aryl methyl sites for hydroxylation is 2. The summed E-state index contributed by atoms with van der Waals surface area (Å²) < 4.78 is 16.6. The van der Waals surface area contributed by atoms with Gasteiger partial charge in [0.15, 0.2) is 18.1 Å². The molecule has 0 bridgehead atoms. The highest BCUT2D eigenvalue weighted by atomic mass is 16.5. The van der Waals surface area contributed by atoms with Crippen LogP contribution in [0.2, 0.25) is 0 Å². The molecule has 3 rings (SSSR count). The van der Waals surface area contributed by atoms with Crippen LogP contribution in [0.3, 0.4) is 0 Å². The van der Waals surface area contributed by atoms with Gasteiger partial charge >= 0.3 is 0 Å². The molecular weight excluding hydrogens is 458 g/mol. The maximum atomic E-state index is 12.7. The van der Waals surface area contributed by atoms with E-state index in [1.807, 2.05) is 26.0 Å². The third-order valence-corrected chi connectivity index (χ3v) is 5.89. The molecule has 0 spiro atoms. The van der Waals surface area contributed by atoms with Crippen molar-refractivity contribution in [3.63, 3.8) is 0 Å². The second kappa shape index (κ2) is 13.3. The summed E-state index contributed by atoms with van der Waals surface area (Å²) in [6.07, 6.45) is 7.66. The van der Waals surface area contributed by atoms with E-state index in [1.165, 1.54) is 30.2 Å². The fourth-order valence-electron chi connectivity index (χ4n) is 3.97. The summed E-state index contributed by atoms with van der Waals surface area (Å²) in [4.78, 5) is 25.2.